The fourth-order valence-corrected chi connectivity index (χ4v) is 1.56. The third-order valence-electron chi connectivity index (χ3n) is 2.16. The predicted octanol–water partition coefficient (Wildman–Crippen LogP) is 1.47. The first kappa shape index (κ1) is 10.7. The van der Waals surface area contributed by atoms with Crippen LogP contribution in [0.2, 0.25) is 0 Å². The lowest BCUT2D eigenvalue weighted by Crippen LogP contribution is -2.21. The van der Waals surface area contributed by atoms with Gasteiger partial charge in [-0.15, -0.1) is 11.6 Å². The molecule has 0 saturated heterocycles. The summed E-state index contributed by atoms with van der Waals surface area (Å²) in [5.74, 6) is 0.417. The number of alkyl halides is 1. The van der Waals surface area contributed by atoms with Gasteiger partial charge < -0.3 is 4.98 Å². The van der Waals surface area contributed by atoms with Crippen molar-refractivity contribution in [1.82, 2.24) is 9.97 Å². The average Bonchev–Trinajstić information content (AvgIpc) is 2.26. The second-order valence-corrected chi connectivity index (χ2v) is 3.58. The zero-order chi connectivity index (χ0) is 11.5. The van der Waals surface area contributed by atoms with Gasteiger partial charge >= 0.3 is 5.69 Å². The van der Waals surface area contributed by atoms with Crippen molar-refractivity contribution in [3.8, 4) is 0 Å². The van der Waals surface area contributed by atoms with Gasteiger partial charge in [0.15, 0.2) is 0 Å². The maximum Gasteiger partial charge on any atom is 0.326 e. The van der Waals surface area contributed by atoms with Crippen LogP contribution in [0.5, 0.6) is 0 Å². The van der Waals surface area contributed by atoms with Crippen molar-refractivity contribution < 1.29 is 0 Å². The lowest BCUT2D eigenvalue weighted by Gasteiger charge is -1.97. The van der Waals surface area contributed by atoms with E-state index in [4.69, 9.17) is 11.6 Å². The van der Waals surface area contributed by atoms with Crippen LogP contribution in [0.3, 0.4) is 0 Å². The summed E-state index contributed by atoms with van der Waals surface area (Å²) in [6.07, 6.45) is 3.60. The molecule has 0 atom stereocenters. The van der Waals surface area contributed by atoms with Gasteiger partial charge in [0, 0.05) is 5.88 Å². The third kappa shape index (κ3) is 2.06. The molecule has 1 heterocycles. The molecular weight excluding hydrogens is 228 g/mol. The molecule has 0 spiro atoms. The monoisotopic (exact) mass is 236 g/mol. The van der Waals surface area contributed by atoms with Gasteiger partial charge in [-0.25, -0.2) is 4.79 Å². The highest BCUT2D eigenvalue weighted by Crippen LogP contribution is 2.10. The van der Waals surface area contributed by atoms with E-state index < -0.39 is 5.69 Å². The number of hydrogen-bond acceptors (Lipinski definition) is 2. The summed E-state index contributed by atoms with van der Waals surface area (Å²) < 4.78 is 0. The molecule has 0 bridgehead atoms. The molecule has 1 aromatic carbocycles. The smallest absolute Gasteiger partial charge is 0.307 e. The first-order chi connectivity index (χ1) is 7.70. The van der Waals surface area contributed by atoms with Crippen LogP contribution in [0.25, 0.3) is 17.0 Å². The normalized spacial score (nSPS) is 11.3. The highest BCUT2D eigenvalue weighted by Gasteiger charge is 2.00. The van der Waals surface area contributed by atoms with E-state index in [-0.39, 0.29) is 5.56 Å². The Morgan fingerprint density at radius 1 is 1.25 bits per heavy atom. The van der Waals surface area contributed by atoms with Gasteiger partial charge in [0.25, 0.3) is 5.56 Å². The van der Waals surface area contributed by atoms with E-state index in [2.05, 4.69) is 9.97 Å². The Morgan fingerprint density at radius 3 is 2.81 bits per heavy atom. The van der Waals surface area contributed by atoms with Crippen molar-refractivity contribution in [2.24, 2.45) is 0 Å². The Balaban J connectivity index is 2.67. The van der Waals surface area contributed by atoms with E-state index in [9.17, 15) is 9.59 Å². The van der Waals surface area contributed by atoms with Crippen LogP contribution in [-0.2, 0) is 0 Å². The molecule has 4 nitrogen and oxygen atoms in total. The highest BCUT2D eigenvalue weighted by molar-refractivity contribution is 6.19. The number of nitrogens with one attached hydrogen (secondary N) is 2. The fourth-order valence-electron chi connectivity index (χ4n) is 1.47. The molecule has 2 aromatic rings. The molecule has 0 amide bonds. The number of aromatic amines is 2. The lowest BCUT2D eigenvalue weighted by molar-refractivity contribution is 1.08. The van der Waals surface area contributed by atoms with Crippen molar-refractivity contribution in [3.63, 3.8) is 0 Å². The topological polar surface area (TPSA) is 65.7 Å². The minimum Gasteiger partial charge on any atom is -0.307 e. The van der Waals surface area contributed by atoms with Crippen molar-refractivity contribution in [1.29, 1.82) is 0 Å². The molecule has 1 aromatic heterocycles. The van der Waals surface area contributed by atoms with Crippen LogP contribution in [0.1, 0.15) is 5.56 Å². The molecule has 0 saturated carbocycles. The van der Waals surface area contributed by atoms with Gasteiger partial charge in [-0.2, -0.15) is 0 Å². The maximum atomic E-state index is 11.5. The second-order valence-electron chi connectivity index (χ2n) is 3.27. The first-order valence-electron chi connectivity index (χ1n) is 4.69. The van der Waals surface area contributed by atoms with Crippen molar-refractivity contribution in [2.75, 3.05) is 5.88 Å². The average molecular weight is 237 g/mol. The summed E-state index contributed by atoms with van der Waals surface area (Å²) in [4.78, 5) is 27.3. The SMILES string of the molecule is O=c1[nH]c(=O)c2cc(/C=C/CCl)ccc2[nH]1. The number of allylic oxidation sites excluding steroid dienone is 1. The fraction of sp³-hybridized carbons (Fsp3) is 0.0909. The van der Waals surface area contributed by atoms with E-state index >= 15 is 0 Å². The Kier molecular flexibility index (Phi) is 2.92. The molecule has 0 radical (unpaired) electrons. The number of aromatic nitrogens is 2. The van der Waals surface area contributed by atoms with Crippen LogP contribution in [-0.4, -0.2) is 15.8 Å². The standard InChI is InChI=1S/C11H9ClN2O2/c12-5-1-2-7-3-4-9-8(6-7)10(15)14-11(16)13-9/h1-4,6H,5H2,(H2,13,14,15,16)/b2-1+. The van der Waals surface area contributed by atoms with Crippen molar-refractivity contribution in [3.05, 3.63) is 50.7 Å². The van der Waals surface area contributed by atoms with Gasteiger partial charge in [0.05, 0.1) is 10.9 Å². The van der Waals surface area contributed by atoms with Crippen molar-refractivity contribution >= 4 is 28.6 Å². The van der Waals surface area contributed by atoms with Crippen molar-refractivity contribution in [2.45, 2.75) is 0 Å². The molecule has 0 unspecified atom stereocenters. The molecule has 82 valence electrons. The number of rotatable bonds is 2. The van der Waals surface area contributed by atoms with E-state index in [1.165, 1.54) is 0 Å². The van der Waals surface area contributed by atoms with E-state index in [0.717, 1.165) is 5.56 Å². The maximum absolute atomic E-state index is 11.5. The predicted molar refractivity (Wildman–Crippen MR) is 64.9 cm³/mol. The molecular formula is C11H9ClN2O2. The number of benzene rings is 1. The zero-order valence-electron chi connectivity index (χ0n) is 8.29. The largest absolute Gasteiger partial charge is 0.326 e. The molecule has 0 aliphatic carbocycles. The molecule has 2 rings (SSSR count). The van der Waals surface area contributed by atoms with Gasteiger partial charge in [-0.1, -0.05) is 18.2 Å². The van der Waals surface area contributed by atoms with Crippen LogP contribution in [0.4, 0.5) is 0 Å². The van der Waals surface area contributed by atoms with Crippen LogP contribution >= 0.6 is 11.6 Å². The summed E-state index contributed by atoms with van der Waals surface area (Å²) in [7, 11) is 0. The van der Waals surface area contributed by atoms with E-state index in [1.807, 2.05) is 6.08 Å². The summed E-state index contributed by atoms with van der Waals surface area (Å²) >= 11 is 5.52. The number of H-pyrrole nitrogens is 2. The van der Waals surface area contributed by atoms with Crippen LogP contribution in [0, 0.1) is 0 Å². The first-order valence-corrected chi connectivity index (χ1v) is 5.23. The molecule has 2 N–H and O–H groups in total. The summed E-state index contributed by atoms with van der Waals surface area (Å²) in [6.45, 7) is 0. The summed E-state index contributed by atoms with van der Waals surface area (Å²) in [5.41, 5.74) is 0.504. The molecule has 0 aliphatic rings. The minimum absolute atomic E-state index is 0.389. The molecule has 5 heteroatoms. The van der Waals surface area contributed by atoms with Crippen LogP contribution in [0.15, 0.2) is 33.9 Å². The van der Waals surface area contributed by atoms with E-state index in [0.29, 0.717) is 16.8 Å². The third-order valence-corrected chi connectivity index (χ3v) is 2.34. The van der Waals surface area contributed by atoms with E-state index in [1.54, 1.807) is 24.3 Å². The van der Waals surface area contributed by atoms with Gasteiger partial charge in [0.1, 0.15) is 0 Å². The Morgan fingerprint density at radius 2 is 2.06 bits per heavy atom. The minimum atomic E-state index is -0.499. The summed E-state index contributed by atoms with van der Waals surface area (Å²) in [5, 5.41) is 0.455. The Bertz CT molecular complexity index is 655. The molecule has 0 aliphatic heterocycles. The zero-order valence-corrected chi connectivity index (χ0v) is 9.04. The Hall–Kier alpha value is -1.81. The van der Waals surface area contributed by atoms with Gasteiger partial charge in [-0.3, -0.25) is 9.78 Å². The molecule has 0 fully saturated rings. The Labute approximate surface area is 95.6 Å². The lowest BCUT2D eigenvalue weighted by atomic mass is 10.1. The number of hydrogen-bond donors (Lipinski definition) is 2. The quantitative estimate of drug-likeness (QED) is 0.776. The number of fused-ring (bicyclic) bond motifs is 1. The number of halogens is 1. The van der Waals surface area contributed by atoms with Crippen LogP contribution < -0.4 is 11.2 Å². The molecule has 16 heavy (non-hydrogen) atoms. The summed E-state index contributed by atoms with van der Waals surface area (Å²) in [6, 6.07) is 5.20. The van der Waals surface area contributed by atoms with Gasteiger partial charge in [-0.05, 0) is 17.7 Å². The highest BCUT2D eigenvalue weighted by atomic mass is 35.5. The van der Waals surface area contributed by atoms with Gasteiger partial charge in [0.2, 0.25) is 0 Å². The second kappa shape index (κ2) is 4.37.